The Morgan fingerprint density at radius 3 is 2.25 bits per heavy atom. The Kier molecular flexibility index (Phi) is 6.60. The number of aliphatic hydroxyl groups is 1. The van der Waals surface area contributed by atoms with Gasteiger partial charge in [-0.25, -0.2) is 0 Å². The van der Waals surface area contributed by atoms with Gasteiger partial charge in [-0.3, -0.25) is 4.79 Å². The van der Waals surface area contributed by atoms with Crippen molar-refractivity contribution in [2.45, 2.75) is 40.7 Å². The van der Waals surface area contributed by atoms with Crippen molar-refractivity contribution in [2.24, 2.45) is 11.3 Å². The fourth-order valence-corrected chi connectivity index (χ4v) is 1.24. The molecule has 1 amide bonds. The number of hydrogen-bond donors (Lipinski definition) is 3. The second kappa shape index (κ2) is 6.86. The summed E-state index contributed by atoms with van der Waals surface area (Å²) in [6, 6.07) is -0.0581. The summed E-state index contributed by atoms with van der Waals surface area (Å²) in [7, 11) is 0. The van der Waals surface area contributed by atoms with Crippen LogP contribution >= 0.6 is 0 Å². The van der Waals surface area contributed by atoms with Gasteiger partial charge in [0.25, 0.3) is 0 Å². The summed E-state index contributed by atoms with van der Waals surface area (Å²) in [4.78, 5) is 11.4. The third-order valence-electron chi connectivity index (χ3n) is 2.44. The highest BCUT2D eigenvalue weighted by molar-refractivity contribution is 5.78. The fraction of sp³-hybridized carbons (Fsp3) is 0.917. The van der Waals surface area contributed by atoms with E-state index >= 15 is 0 Å². The predicted molar refractivity (Wildman–Crippen MR) is 66.2 cm³/mol. The lowest BCUT2D eigenvalue weighted by Crippen LogP contribution is -2.47. The van der Waals surface area contributed by atoms with E-state index < -0.39 is 0 Å². The summed E-state index contributed by atoms with van der Waals surface area (Å²) in [5, 5.41) is 15.1. The number of hydrogen-bond acceptors (Lipinski definition) is 3. The average molecular weight is 230 g/mol. The minimum atomic E-state index is -0.0581. The van der Waals surface area contributed by atoms with Gasteiger partial charge in [-0.15, -0.1) is 0 Å². The standard InChI is InChI=1S/C12H26N2O2/c1-9(2)6-14-11(16)7-13-10(8-15)12(3,4)5/h9-10,13,15H,6-8H2,1-5H3,(H,14,16)/t10-/m1/s1. The van der Waals surface area contributed by atoms with Crippen molar-refractivity contribution in [3.63, 3.8) is 0 Å². The molecule has 4 heteroatoms. The number of amides is 1. The van der Waals surface area contributed by atoms with Gasteiger partial charge in [0.2, 0.25) is 5.91 Å². The first-order valence-electron chi connectivity index (χ1n) is 5.88. The quantitative estimate of drug-likeness (QED) is 0.631. The zero-order valence-electron chi connectivity index (χ0n) is 11.1. The lowest BCUT2D eigenvalue weighted by atomic mass is 9.87. The van der Waals surface area contributed by atoms with E-state index in [2.05, 4.69) is 24.5 Å². The molecular formula is C12H26N2O2. The third kappa shape index (κ3) is 6.80. The zero-order chi connectivity index (χ0) is 12.8. The highest BCUT2D eigenvalue weighted by atomic mass is 16.3. The number of aliphatic hydroxyl groups excluding tert-OH is 1. The van der Waals surface area contributed by atoms with E-state index in [9.17, 15) is 9.90 Å². The topological polar surface area (TPSA) is 61.4 Å². The van der Waals surface area contributed by atoms with E-state index in [1.165, 1.54) is 0 Å². The Morgan fingerprint density at radius 2 is 1.88 bits per heavy atom. The smallest absolute Gasteiger partial charge is 0.233 e. The summed E-state index contributed by atoms with van der Waals surface area (Å²) < 4.78 is 0. The van der Waals surface area contributed by atoms with Crippen molar-refractivity contribution in [1.82, 2.24) is 10.6 Å². The molecule has 0 aliphatic rings. The van der Waals surface area contributed by atoms with E-state index in [4.69, 9.17) is 0 Å². The van der Waals surface area contributed by atoms with Crippen LogP contribution < -0.4 is 10.6 Å². The maximum absolute atomic E-state index is 11.4. The molecule has 0 aromatic carbocycles. The molecule has 0 saturated heterocycles. The third-order valence-corrected chi connectivity index (χ3v) is 2.44. The second-order valence-electron chi connectivity index (χ2n) is 5.68. The highest BCUT2D eigenvalue weighted by Crippen LogP contribution is 2.18. The molecule has 0 unspecified atom stereocenters. The van der Waals surface area contributed by atoms with Gasteiger partial charge in [0.1, 0.15) is 0 Å². The largest absolute Gasteiger partial charge is 0.395 e. The van der Waals surface area contributed by atoms with Crippen LogP contribution in [0.15, 0.2) is 0 Å². The molecule has 0 bridgehead atoms. The van der Waals surface area contributed by atoms with Crippen LogP contribution in [0.1, 0.15) is 34.6 Å². The van der Waals surface area contributed by atoms with Crippen molar-refractivity contribution in [3.8, 4) is 0 Å². The van der Waals surface area contributed by atoms with E-state index in [-0.39, 0.29) is 30.5 Å². The fourth-order valence-electron chi connectivity index (χ4n) is 1.24. The van der Waals surface area contributed by atoms with Gasteiger partial charge in [0.05, 0.1) is 13.2 Å². The predicted octanol–water partition coefficient (Wildman–Crippen LogP) is 0.755. The first-order chi connectivity index (χ1) is 7.27. The molecule has 0 saturated carbocycles. The van der Waals surface area contributed by atoms with E-state index in [0.29, 0.717) is 12.5 Å². The SMILES string of the molecule is CC(C)CNC(=O)CN[C@H](CO)C(C)(C)C. The van der Waals surface area contributed by atoms with Crippen LogP contribution in [0.2, 0.25) is 0 Å². The Hall–Kier alpha value is -0.610. The van der Waals surface area contributed by atoms with Crippen molar-refractivity contribution >= 4 is 5.91 Å². The van der Waals surface area contributed by atoms with Crippen LogP contribution in [0.25, 0.3) is 0 Å². The van der Waals surface area contributed by atoms with Crippen molar-refractivity contribution in [1.29, 1.82) is 0 Å². The minimum absolute atomic E-state index is 0.0172. The first-order valence-corrected chi connectivity index (χ1v) is 5.88. The highest BCUT2D eigenvalue weighted by Gasteiger charge is 2.23. The molecule has 0 aromatic rings. The monoisotopic (exact) mass is 230 g/mol. The summed E-state index contributed by atoms with van der Waals surface area (Å²) in [6.45, 7) is 11.2. The van der Waals surface area contributed by atoms with Crippen LogP contribution in [0.3, 0.4) is 0 Å². The molecule has 0 aliphatic carbocycles. The molecule has 0 spiro atoms. The molecule has 0 heterocycles. The lowest BCUT2D eigenvalue weighted by Gasteiger charge is -2.29. The molecule has 1 atom stereocenters. The molecule has 0 fully saturated rings. The molecule has 4 nitrogen and oxygen atoms in total. The molecule has 0 aromatic heterocycles. The van der Waals surface area contributed by atoms with Crippen molar-refractivity contribution in [2.75, 3.05) is 19.7 Å². The first kappa shape index (κ1) is 15.4. The number of nitrogens with one attached hydrogen (secondary N) is 2. The molecule has 96 valence electrons. The van der Waals surface area contributed by atoms with Crippen LogP contribution in [0, 0.1) is 11.3 Å². The lowest BCUT2D eigenvalue weighted by molar-refractivity contribution is -0.120. The molecule has 16 heavy (non-hydrogen) atoms. The summed E-state index contributed by atoms with van der Waals surface area (Å²) in [6.07, 6.45) is 0. The van der Waals surface area contributed by atoms with E-state index in [1.54, 1.807) is 0 Å². The van der Waals surface area contributed by atoms with Crippen molar-refractivity contribution < 1.29 is 9.90 Å². The van der Waals surface area contributed by atoms with Gasteiger partial charge in [-0.05, 0) is 11.3 Å². The molecule has 3 N–H and O–H groups in total. The Morgan fingerprint density at radius 1 is 1.31 bits per heavy atom. The zero-order valence-corrected chi connectivity index (χ0v) is 11.1. The van der Waals surface area contributed by atoms with Crippen LogP contribution in [0.5, 0.6) is 0 Å². The van der Waals surface area contributed by atoms with Crippen LogP contribution in [-0.4, -0.2) is 36.8 Å². The second-order valence-corrected chi connectivity index (χ2v) is 5.68. The van der Waals surface area contributed by atoms with Gasteiger partial charge in [0, 0.05) is 12.6 Å². The van der Waals surface area contributed by atoms with E-state index in [0.717, 1.165) is 0 Å². The van der Waals surface area contributed by atoms with Gasteiger partial charge < -0.3 is 15.7 Å². The summed E-state index contributed by atoms with van der Waals surface area (Å²) >= 11 is 0. The van der Waals surface area contributed by atoms with Crippen molar-refractivity contribution in [3.05, 3.63) is 0 Å². The van der Waals surface area contributed by atoms with Crippen LogP contribution in [-0.2, 0) is 4.79 Å². The Bertz CT molecular complexity index is 210. The minimum Gasteiger partial charge on any atom is -0.395 e. The molecular weight excluding hydrogens is 204 g/mol. The average Bonchev–Trinajstić information content (AvgIpc) is 2.13. The Labute approximate surface area is 98.8 Å². The van der Waals surface area contributed by atoms with E-state index in [1.807, 2.05) is 20.8 Å². The number of rotatable bonds is 6. The normalized spacial score (nSPS) is 13.9. The maximum atomic E-state index is 11.4. The van der Waals surface area contributed by atoms with Gasteiger partial charge >= 0.3 is 0 Å². The summed E-state index contributed by atoms with van der Waals surface area (Å²) in [5.41, 5.74) is -0.0485. The van der Waals surface area contributed by atoms with Gasteiger partial charge in [-0.1, -0.05) is 34.6 Å². The maximum Gasteiger partial charge on any atom is 0.233 e. The number of carbonyl (C=O) groups is 1. The van der Waals surface area contributed by atoms with Crippen LogP contribution in [0.4, 0.5) is 0 Å². The molecule has 0 radical (unpaired) electrons. The summed E-state index contributed by atoms with van der Waals surface area (Å²) in [5.74, 6) is 0.441. The molecule has 0 aliphatic heterocycles. The molecule has 0 rings (SSSR count). The van der Waals surface area contributed by atoms with Gasteiger partial charge in [-0.2, -0.15) is 0 Å². The number of carbonyl (C=O) groups excluding carboxylic acids is 1. The Balaban J connectivity index is 3.89. The van der Waals surface area contributed by atoms with Gasteiger partial charge in [0.15, 0.2) is 0 Å².